The fourth-order valence-corrected chi connectivity index (χ4v) is 3.09. The van der Waals surface area contributed by atoms with Crippen molar-refractivity contribution >= 4 is 34.8 Å². The molecule has 0 saturated heterocycles. The van der Waals surface area contributed by atoms with Crippen molar-refractivity contribution in [1.29, 1.82) is 5.41 Å². The van der Waals surface area contributed by atoms with Crippen LogP contribution in [0.2, 0.25) is 5.02 Å². The van der Waals surface area contributed by atoms with Gasteiger partial charge in [-0.25, -0.2) is 0 Å². The molecule has 0 fully saturated rings. The van der Waals surface area contributed by atoms with Gasteiger partial charge in [-0.1, -0.05) is 17.7 Å². The first kappa shape index (κ1) is 24.7. The van der Waals surface area contributed by atoms with Gasteiger partial charge in [0.05, 0.1) is 12.5 Å². The van der Waals surface area contributed by atoms with Crippen LogP contribution >= 0.6 is 23.2 Å². The second-order valence-corrected chi connectivity index (χ2v) is 6.76. The molecule has 0 bridgehead atoms. The maximum Gasteiger partial charge on any atom is 0.405 e. The minimum absolute atomic E-state index is 0.0455. The summed E-state index contributed by atoms with van der Waals surface area (Å²) in [5, 5.41) is 7.96. The van der Waals surface area contributed by atoms with E-state index in [1.165, 1.54) is 6.07 Å². The zero-order valence-electron chi connectivity index (χ0n) is 14.9. The van der Waals surface area contributed by atoms with Gasteiger partial charge in [0.2, 0.25) is 0 Å². The molecular weight excluding hydrogens is 433 g/mol. The molecule has 11 heteroatoms. The molecule has 1 rings (SSSR count). The Bertz CT molecular complexity index is 636. The van der Waals surface area contributed by atoms with Gasteiger partial charge in [0, 0.05) is 16.6 Å². The minimum atomic E-state index is -4.82. The van der Waals surface area contributed by atoms with Crippen LogP contribution in [-0.2, 0) is 4.74 Å². The van der Waals surface area contributed by atoms with Gasteiger partial charge in [0.25, 0.3) is 0 Å². The number of rotatable bonds is 9. The third-order valence-electron chi connectivity index (χ3n) is 3.71. The molecule has 3 nitrogen and oxygen atoms in total. The lowest BCUT2D eigenvalue weighted by atomic mass is 9.93. The second-order valence-electron chi connectivity index (χ2n) is 5.97. The van der Waals surface area contributed by atoms with E-state index in [1.807, 2.05) is 0 Å². The van der Waals surface area contributed by atoms with Crippen molar-refractivity contribution in [2.75, 3.05) is 30.5 Å². The lowest BCUT2D eigenvalue weighted by molar-refractivity contribution is -0.137. The highest BCUT2D eigenvalue weighted by atomic mass is 35.5. The molecule has 0 aromatic heterocycles. The van der Waals surface area contributed by atoms with E-state index >= 15 is 0 Å². The maximum atomic E-state index is 12.7. The van der Waals surface area contributed by atoms with E-state index in [-0.39, 0.29) is 28.1 Å². The Morgan fingerprint density at radius 3 is 2.14 bits per heavy atom. The largest absolute Gasteiger partial charge is 0.481 e. The molecular formula is C17H20Cl2F6N2O. The quantitative estimate of drug-likeness (QED) is 0.204. The standard InChI is InChI=1S/C17H20Cl2F6N2O/c1-2-28-15(26)13(4-3-7-18)12-6-5-11(8-14(12)19)27(9-16(20,21)22)10-17(23,24)25/h5-6,8,13,26H,2-4,7,9-10H2,1H3. The van der Waals surface area contributed by atoms with Crippen LogP contribution in [0.25, 0.3) is 0 Å². The monoisotopic (exact) mass is 452 g/mol. The average Bonchev–Trinajstić information content (AvgIpc) is 2.53. The summed E-state index contributed by atoms with van der Waals surface area (Å²) in [6, 6.07) is 3.50. The highest BCUT2D eigenvalue weighted by Gasteiger charge is 2.37. The van der Waals surface area contributed by atoms with Crippen molar-refractivity contribution in [2.24, 2.45) is 0 Å². The molecule has 1 N–H and O–H groups in total. The van der Waals surface area contributed by atoms with Gasteiger partial charge in [-0.3, -0.25) is 5.41 Å². The third-order valence-corrected chi connectivity index (χ3v) is 4.30. The van der Waals surface area contributed by atoms with E-state index in [9.17, 15) is 26.3 Å². The van der Waals surface area contributed by atoms with Gasteiger partial charge in [-0.05, 0) is 37.5 Å². The van der Waals surface area contributed by atoms with Crippen LogP contribution in [0.3, 0.4) is 0 Å². The Kier molecular flexibility index (Phi) is 9.20. The Hall–Kier alpha value is -1.35. The first-order valence-electron chi connectivity index (χ1n) is 8.33. The van der Waals surface area contributed by atoms with E-state index in [1.54, 1.807) is 6.92 Å². The van der Waals surface area contributed by atoms with Crippen LogP contribution in [0.1, 0.15) is 31.2 Å². The van der Waals surface area contributed by atoms with Gasteiger partial charge in [-0.15, -0.1) is 11.6 Å². The van der Waals surface area contributed by atoms with Gasteiger partial charge in [0.1, 0.15) is 13.1 Å². The maximum absolute atomic E-state index is 12.7. The fraction of sp³-hybridized carbons (Fsp3) is 0.588. The molecule has 160 valence electrons. The van der Waals surface area contributed by atoms with E-state index in [0.29, 0.717) is 24.3 Å². The molecule has 0 amide bonds. The van der Waals surface area contributed by atoms with E-state index in [0.717, 1.165) is 12.1 Å². The van der Waals surface area contributed by atoms with E-state index in [2.05, 4.69) is 0 Å². The third kappa shape index (κ3) is 8.34. The Morgan fingerprint density at radius 2 is 1.71 bits per heavy atom. The van der Waals surface area contributed by atoms with Gasteiger partial charge in [-0.2, -0.15) is 26.3 Å². The van der Waals surface area contributed by atoms with Crippen molar-refractivity contribution < 1.29 is 31.1 Å². The summed E-state index contributed by atoms with van der Waals surface area (Å²) in [7, 11) is 0. The molecule has 1 aromatic carbocycles. The molecule has 0 radical (unpaired) electrons. The normalized spacial score (nSPS) is 13.3. The van der Waals surface area contributed by atoms with Crippen molar-refractivity contribution in [3.05, 3.63) is 28.8 Å². The number of alkyl halides is 7. The van der Waals surface area contributed by atoms with Crippen LogP contribution in [0.15, 0.2) is 18.2 Å². The molecule has 1 unspecified atom stereocenters. The highest BCUT2D eigenvalue weighted by Crippen LogP contribution is 2.34. The summed E-state index contributed by atoms with van der Waals surface area (Å²) in [6.07, 6.45) is -8.73. The molecule has 0 aliphatic heterocycles. The number of benzene rings is 1. The summed E-state index contributed by atoms with van der Waals surface area (Å²) in [4.78, 5) is 0.164. The summed E-state index contributed by atoms with van der Waals surface area (Å²) in [5.74, 6) is -0.375. The summed E-state index contributed by atoms with van der Waals surface area (Å²) in [6.45, 7) is -1.62. The van der Waals surface area contributed by atoms with Gasteiger partial charge < -0.3 is 9.64 Å². The molecule has 0 heterocycles. The summed E-state index contributed by atoms with van der Waals surface area (Å²) in [5.41, 5.74) is 0.0652. The number of hydrogen-bond acceptors (Lipinski definition) is 3. The first-order chi connectivity index (χ1) is 12.9. The Labute approximate surface area is 169 Å². The number of nitrogens with zero attached hydrogens (tertiary/aromatic N) is 1. The SMILES string of the molecule is CCOC(=N)C(CCCCl)c1ccc(N(CC(F)(F)F)CC(F)(F)F)cc1Cl. The molecule has 28 heavy (non-hydrogen) atoms. The van der Waals surface area contributed by atoms with Crippen LogP contribution in [0.4, 0.5) is 32.0 Å². The zero-order chi connectivity index (χ0) is 21.5. The van der Waals surface area contributed by atoms with Crippen LogP contribution < -0.4 is 4.90 Å². The Balaban J connectivity index is 3.22. The lowest BCUT2D eigenvalue weighted by Crippen LogP contribution is -2.40. The molecule has 1 atom stereocenters. The highest BCUT2D eigenvalue weighted by molar-refractivity contribution is 6.32. The van der Waals surface area contributed by atoms with Crippen molar-refractivity contribution in [1.82, 2.24) is 0 Å². The van der Waals surface area contributed by atoms with Gasteiger partial charge in [0.15, 0.2) is 5.90 Å². The van der Waals surface area contributed by atoms with E-state index < -0.39 is 31.4 Å². The molecule has 0 saturated carbocycles. The predicted octanol–water partition coefficient (Wildman–Crippen LogP) is 6.39. The van der Waals surface area contributed by atoms with Crippen molar-refractivity contribution in [2.45, 2.75) is 38.0 Å². The number of ether oxygens (including phenoxy) is 1. The number of halogens is 8. The van der Waals surface area contributed by atoms with Crippen LogP contribution in [-0.4, -0.2) is 43.8 Å². The Morgan fingerprint density at radius 1 is 1.14 bits per heavy atom. The fourth-order valence-electron chi connectivity index (χ4n) is 2.63. The minimum Gasteiger partial charge on any atom is -0.481 e. The van der Waals surface area contributed by atoms with Gasteiger partial charge >= 0.3 is 12.4 Å². The number of hydrogen-bond donors (Lipinski definition) is 1. The first-order valence-corrected chi connectivity index (χ1v) is 9.24. The smallest absolute Gasteiger partial charge is 0.405 e. The lowest BCUT2D eigenvalue weighted by Gasteiger charge is -2.28. The van der Waals surface area contributed by atoms with Crippen LogP contribution in [0, 0.1) is 5.41 Å². The summed E-state index contributed by atoms with van der Waals surface area (Å²) < 4.78 is 81.4. The molecule has 1 aromatic rings. The molecule has 0 spiro atoms. The van der Waals surface area contributed by atoms with Crippen LogP contribution in [0.5, 0.6) is 0 Å². The molecule has 0 aliphatic carbocycles. The number of anilines is 1. The predicted molar refractivity (Wildman–Crippen MR) is 97.8 cm³/mol. The summed E-state index contributed by atoms with van der Waals surface area (Å²) >= 11 is 11.8. The molecule has 0 aliphatic rings. The zero-order valence-corrected chi connectivity index (χ0v) is 16.4. The van der Waals surface area contributed by atoms with Crippen molar-refractivity contribution in [3.63, 3.8) is 0 Å². The average molecular weight is 453 g/mol. The van der Waals surface area contributed by atoms with Crippen molar-refractivity contribution in [3.8, 4) is 0 Å². The van der Waals surface area contributed by atoms with E-state index in [4.69, 9.17) is 33.3 Å². The number of nitrogens with one attached hydrogen (secondary N) is 1. The topological polar surface area (TPSA) is 36.3 Å². The second kappa shape index (κ2) is 10.4.